The number of aryl methyl sites for hydroxylation is 1. The molecule has 2 fully saturated rings. The molecule has 1 spiro atoms. The van der Waals surface area contributed by atoms with E-state index in [2.05, 4.69) is 10.3 Å². The van der Waals surface area contributed by atoms with Gasteiger partial charge in [-0.15, -0.1) is 0 Å². The van der Waals surface area contributed by atoms with E-state index in [1.165, 1.54) is 17.7 Å². The Morgan fingerprint density at radius 3 is 2.23 bits per heavy atom. The summed E-state index contributed by atoms with van der Waals surface area (Å²) < 4.78 is 13.2. The molecule has 180 valence electrons. The van der Waals surface area contributed by atoms with Crippen molar-refractivity contribution in [1.82, 2.24) is 15.2 Å². The van der Waals surface area contributed by atoms with Crippen molar-refractivity contribution < 1.29 is 14.0 Å². The number of benzene rings is 2. The van der Waals surface area contributed by atoms with Crippen LogP contribution in [-0.4, -0.2) is 41.3 Å². The van der Waals surface area contributed by atoms with E-state index < -0.39 is 0 Å². The molecule has 2 aromatic carbocycles. The summed E-state index contributed by atoms with van der Waals surface area (Å²) in [6.45, 7) is 2.06. The molecule has 1 aliphatic carbocycles. The largest absolute Gasteiger partial charge is 0.356 e. The summed E-state index contributed by atoms with van der Waals surface area (Å²) in [5, 5.41) is 3.11. The van der Waals surface area contributed by atoms with Gasteiger partial charge in [-0.25, -0.2) is 4.39 Å². The van der Waals surface area contributed by atoms with Crippen LogP contribution >= 0.6 is 0 Å². The SMILES string of the molecule is O=C(NCCCc1ccncc1)[C@@H]1CC12CCN(C(=O)c1ccc(-c3ccc(F)cc3)cc1)CC2. The molecule has 1 saturated heterocycles. The Hall–Kier alpha value is -3.54. The number of amides is 2. The van der Waals surface area contributed by atoms with Crippen LogP contribution in [0.3, 0.4) is 0 Å². The third-order valence-corrected chi connectivity index (χ3v) is 7.55. The van der Waals surface area contributed by atoms with Crippen molar-refractivity contribution in [3.8, 4) is 11.1 Å². The van der Waals surface area contributed by atoms with Crippen LogP contribution in [0.2, 0.25) is 0 Å². The monoisotopic (exact) mass is 471 g/mol. The predicted molar refractivity (Wildman–Crippen MR) is 133 cm³/mol. The number of hydrogen-bond acceptors (Lipinski definition) is 3. The summed E-state index contributed by atoms with van der Waals surface area (Å²) in [5.74, 6) is 0.00893. The zero-order valence-corrected chi connectivity index (χ0v) is 19.8. The fourth-order valence-corrected chi connectivity index (χ4v) is 5.23. The molecule has 5 nitrogen and oxygen atoms in total. The molecule has 2 aliphatic rings. The van der Waals surface area contributed by atoms with Crippen molar-refractivity contribution in [2.24, 2.45) is 11.3 Å². The molecule has 5 rings (SSSR count). The highest BCUT2D eigenvalue weighted by Gasteiger charge is 2.58. The first-order valence-corrected chi connectivity index (χ1v) is 12.4. The number of piperidine rings is 1. The first-order chi connectivity index (χ1) is 17.0. The first-order valence-electron chi connectivity index (χ1n) is 12.4. The van der Waals surface area contributed by atoms with Crippen LogP contribution in [0, 0.1) is 17.2 Å². The van der Waals surface area contributed by atoms with E-state index >= 15 is 0 Å². The maximum absolute atomic E-state index is 13.2. The Kier molecular flexibility index (Phi) is 6.62. The fourth-order valence-electron chi connectivity index (χ4n) is 5.23. The Bertz CT molecular complexity index is 1170. The van der Waals surface area contributed by atoms with Crippen molar-refractivity contribution in [3.63, 3.8) is 0 Å². The number of likely N-dealkylation sites (tertiary alicyclic amines) is 1. The summed E-state index contributed by atoms with van der Waals surface area (Å²) in [6.07, 6.45) is 8.11. The molecule has 3 aromatic rings. The summed E-state index contributed by atoms with van der Waals surface area (Å²) in [7, 11) is 0. The van der Waals surface area contributed by atoms with Gasteiger partial charge in [0.2, 0.25) is 5.91 Å². The summed E-state index contributed by atoms with van der Waals surface area (Å²) in [4.78, 5) is 31.6. The van der Waals surface area contributed by atoms with Crippen molar-refractivity contribution >= 4 is 11.8 Å². The van der Waals surface area contributed by atoms with E-state index in [1.54, 1.807) is 24.5 Å². The Morgan fingerprint density at radius 1 is 0.943 bits per heavy atom. The lowest BCUT2D eigenvalue weighted by molar-refractivity contribution is -0.123. The molecule has 1 aliphatic heterocycles. The topological polar surface area (TPSA) is 62.3 Å². The fraction of sp³-hybridized carbons (Fsp3) is 0.345. The molecule has 1 aromatic heterocycles. The van der Waals surface area contributed by atoms with Gasteiger partial charge in [0.25, 0.3) is 5.91 Å². The lowest BCUT2D eigenvalue weighted by Crippen LogP contribution is -2.40. The average molecular weight is 472 g/mol. The summed E-state index contributed by atoms with van der Waals surface area (Å²) in [6, 6.07) is 17.8. The van der Waals surface area contributed by atoms with E-state index in [1.807, 2.05) is 41.3 Å². The van der Waals surface area contributed by atoms with Crippen LogP contribution < -0.4 is 5.32 Å². The van der Waals surface area contributed by atoms with E-state index in [4.69, 9.17) is 0 Å². The predicted octanol–water partition coefficient (Wildman–Crippen LogP) is 4.88. The normalized spacial score (nSPS) is 18.3. The van der Waals surface area contributed by atoms with Crippen LogP contribution in [0.25, 0.3) is 11.1 Å². The highest BCUT2D eigenvalue weighted by Crippen LogP contribution is 2.59. The number of carbonyl (C=O) groups excluding carboxylic acids is 2. The van der Waals surface area contributed by atoms with Gasteiger partial charge in [-0.3, -0.25) is 14.6 Å². The second-order valence-electron chi connectivity index (χ2n) is 9.75. The van der Waals surface area contributed by atoms with Gasteiger partial charge in [0.15, 0.2) is 0 Å². The lowest BCUT2D eigenvalue weighted by Gasteiger charge is -2.33. The van der Waals surface area contributed by atoms with Crippen LogP contribution in [0.15, 0.2) is 73.1 Å². The number of hydrogen-bond donors (Lipinski definition) is 1. The summed E-state index contributed by atoms with van der Waals surface area (Å²) >= 11 is 0. The first kappa shape index (κ1) is 23.2. The third-order valence-electron chi connectivity index (χ3n) is 7.55. The maximum atomic E-state index is 13.2. The number of rotatable bonds is 7. The molecule has 1 N–H and O–H groups in total. The number of halogens is 1. The minimum atomic E-state index is -0.264. The number of carbonyl (C=O) groups is 2. The molecule has 6 heteroatoms. The number of nitrogens with zero attached hydrogens (tertiary/aromatic N) is 2. The van der Waals surface area contributed by atoms with Gasteiger partial charge in [-0.05, 0) is 90.6 Å². The second-order valence-corrected chi connectivity index (χ2v) is 9.75. The lowest BCUT2D eigenvalue weighted by atomic mass is 9.90. The Morgan fingerprint density at radius 2 is 1.57 bits per heavy atom. The highest BCUT2D eigenvalue weighted by atomic mass is 19.1. The number of nitrogens with one attached hydrogen (secondary N) is 1. The molecule has 2 amide bonds. The van der Waals surface area contributed by atoms with Crippen LogP contribution in [-0.2, 0) is 11.2 Å². The zero-order valence-electron chi connectivity index (χ0n) is 19.8. The molecule has 35 heavy (non-hydrogen) atoms. The Balaban J connectivity index is 1.08. The van der Waals surface area contributed by atoms with Crippen LogP contribution in [0.5, 0.6) is 0 Å². The van der Waals surface area contributed by atoms with Crippen LogP contribution in [0.1, 0.15) is 41.6 Å². The maximum Gasteiger partial charge on any atom is 0.253 e. The van der Waals surface area contributed by atoms with Gasteiger partial charge < -0.3 is 10.2 Å². The number of pyridine rings is 1. The molecule has 2 heterocycles. The van der Waals surface area contributed by atoms with Gasteiger partial charge in [0, 0.05) is 43.5 Å². The standard InChI is InChI=1S/C29H30FN3O2/c30-25-9-7-23(8-10-25)22-3-5-24(6-4-22)28(35)33-18-13-29(14-19-33)20-26(29)27(34)32-15-1-2-21-11-16-31-17-12-21/h3-12,16-17,26H,1-2,13-15,18-20H2,(H,32,34)/t26-/m0/s1. The van der Waals surface area contributed by atoms with Gasteiger partial charge in [0.1, 0.15) is 5.82 Å². The van der Waals surface area contributed by atoms with Crippen molar-refractivity contribution in [2.75, 3.05) is 19.6 Å². The molecule has 0 radical (unpaired) electrons. The molecular formula is C29H30FN3O2. The molecule has 1 saturated carbocycles. The Labute approximate surface area is 205 Å². The third kappa shape index (κ3) is 5.26. The molecule has 0 bridgehead atoms. The van der Waals surface area contributed by atoms with Gasteiger partial charge in [-0.1, -0.05) is 24.3 Å². The van der Waals surface area contributed by atoms with E-state index in [0.717, 1.165) is 43.2 Å². The number of aromatic nitrogens is 1. The minimum Gasteiger partial charge on any atom is -0.356 e. The quantitative estimate of drug-likeness (QED) is 0.500. The average Bonchev–Trinajstić information content (AvgIpc) is 3.61. The van der Waals surface area contributed by atoms with E-state index in [0.29, 0.717) is 25.2 Å². The molecule has 1 atom stereocenters. The minimum absolute atomic E-state index is 0.0308. The van der Waals surface area contributed by atoms with Crippen LogP contribution in [0.4, 0.5) is 4.39 Å². The van der Waals surface area contributed by atoms with Crippen molar-refractivity contribution in [1.29, 1.82) is 0 Å². The molecule has 0 unspecified atom stereocenters. The van der Waals surface area contributed by atoms with Gasteiger partial charge in [-0.2, -0.15) is 0 Å². The smallest absolute Gasteiger partial charge is 0.253 e. The van der Waals surface area contributed by atoms with Gasteiger partial charge in [0.05, 0.1) is 0 Å². The van der Waals surface area contributed by atoms with Gasteiger partial charge >= 0.3 is 0 Å². The van der Waals surface area contributed by atoms with E-state index in [-0.39, 0.29) is 29.0 Å². The van der Waals surface area contributed by atoms with Crippen molar-refractivity contribution in [2.45, 2.75) is 32.1 Å². The zero-order chi connectivity index (χ0) is 24.3. The molecular weight excluding hydrogens is 441 g/mol. The summed E-state index contributed by atoms with van der Waals surface area (Å²) in [5.41, 5.74) is 3.83. The second kappa shape index (κ2) is 9.98. The van der Waals surface area contributed by atoms with Crippen molar-refractivity contribution in [3.05, 3.63) is 90.0 Å². The highest BCUT2D eigenvalue weighted by molar-refractivity contribution is 5.95. The van der Waals surface area contributed by atoms with E-state index in [9.17, 15) is 14.0 Å².